The van der Waals surface area contributed by atoms with Crippen LogP contribution in [0.15, 0.2) is 35.9 Å². The first-order valence-corrected chi connectivity index (χ1v) is 8.91. The monoisotopic (exact) mass is 386 g/mol. The van der Waals surface area contributed by atoms with Crippen LogP contribution in [0.2, 0.25) is 0 Å². The minimum Gasteiger partial charge on any atom is -0.385 e. The molecule has 2 aliphatic carbocycles. The van der Waals surface area contributed by atoms with E-state index in [9.17, 15) is 5.11 Å². The van der Waals surface area contributed by atoms with E-state index in [1.54, 1.807) is 0 Å². The summed E-state index contributed by atoms with van der Waals surface area (Å²) in [5.74, 6) is 0. The standard InChI is InChI=1S/C21H28O.Zr/c1-3-5-7-16-8-9-19-17(13-16)14-18-15-21(22,11-6-4-2)12-10-20(18)19;/h8-10,12-13,22H,3-7,11,14-15H2,1-2H3;. The molecule has 0 spiro atoms. The quantitative estimate of drug-likeness (QED) is 0.710. The van der Waals surface area contributed by atoms with Gasteiger partial charge in [-0.25, -0.2) is 0 Å². The fraction of sp³-hybridized carbons (Fsp3) is 0.524. The SMILES string of the molecule is CCCCc1ccc2c(c1)CC1=C2C=CC(O)(CCCC)C1.[Zr]. The van der Waals surface area contributed by atoms with Crippen LogP contribution in [0.5, 0.6) is 0 Å². The van der Waals surface area contributed by atoms with Gasteiger partial charge in [0.2, 0.25) is 0 Å². The summed E-state index contributed by atoms with van der Waals surface area (Å²) in [6.45, 7) is 4.43. The maximum absolute atomic E-state index is 10.8. The predicted octanol–water partition coefficient (Wildman–Crippen LogP) is 5.22. The van der Waals surface area contributed by atoms with Crippen molar-refractivity contribution in [2.45, 2.75) is 70.8 Å². The van der Waals surface area contributed by atoms with E-state index in [-0.39, 0.29) is 26.2 Å². The molecule has 0 amide bonds. The number of rotatable bonds is 6. The van der Waals surface area contributed by atoms with Crippen LogP contribution >= 0.6 is 0 Å². The van der Waals surface area contributed by atoms with Crippen molar-refractivity contribution >= 4 is 5.57 Å². The van der Waals surface area contributed by atoms with Crippen LogP contribution in [-0.4, -0.2) is 10.7 Å². The largest absolute Gasteiger partial charge is 0.385 e. The van der Waals surface area contributed by atoms with Crippen molar-refractivity contribution < 1.29 is 31.3 Å². The van der Waals surface area contributed by atoms with Gasteiger partial charge < -0.3 is 5.11 Å². The smallest absolute Gasteiger partial charge is 0.0868 e. The van der Waals surface area contributed by atoms with Gasteiger partial charge >= 0.3 is 0 Å². The number of fused-ring (bicyclic) bond motifs is 2. The fourth-order valence-corrected chi connectivity index (χ4v) is 3.79. The van der Waals surface area contributed by atoms with Gasteiger partial charge in [-0.05, 0) is 47.9 Å². The summed E-state index contributed by atoms with van der Waals surface area (Å²) in [5, 5.41) is 10.8. The molecule has 1 atom stereocenters. The van der Waals surface area contributed by atoms with Gasteiger partial charge in [0, 0.05) is 32.6 Å². The van der Waals surface area contributed by atoms with Gasteiger partial charge in [-0.3, -0.25) is 0 Å². The molecule has 0 heterocycles. The number of unbranched alkanes of at least 4 members (excludes halogenated alkanes) is 2. The zero-order chi connectivity index (χ0) is 15.6. The Morgan fingerprint density at radius 1 is 1.13 bits per heavy atom. The average Bonchev–Trinajstić information content (AvgIpc) is 2.87. The molecule has 1 N–H and O–H groups in total. The van der Waals surface area contributed by atoms with Gasteiger partial charge in [0.1, 0.15) is 0 Å². The van der Waals surface area contributed by atoms with Crippen LogP contribution in [0.1, 0.15) is 69.1 Å². The zero-order valence-electron chi connectivity index (χ0n) is 14.5. The van der Waals surface area contributed by atoms with Crippen LogP contribution in [0.4, 0.5) is 0 Å². The van der Waals surface area contributed by atoms with Crippen LogP contribution in [-0.2, 0) is 39.0 Å². The van der Waals surface area contributed by atoms with Gasteiger partial charge in [0.05, 0.1) is 5.60 Å². The molecule has 1 aromatic rings. The second-order valence-corrected chi connectivity index (χ2v) is 7.01. The van der Waals surface area contributed by atoms with Crippen molar-refractivity contribution in [1.82, 2.24) is 0 Å². The fourth-order valence-electron chi connectivity index (χ4n) is 3.79. The summed E-state index contributed by atoms with van der Waals surface area (Å²) in [7, 11) is 0. The molecule has 122 valence electrons. The van der Waals surface area contributed by atoms with Crippen LogP contribution < -0.4 is 0 Å². The third-order valence-electron chi connectivity index (χ3n) is 5.11. The molecule has 1 nitrogen and oxygen atoms in total. The van der Waals surface area contributed by atoms with E-state index in [1.165, 1.54) is 47.1 Å². The van der Waals surface area contributed by atoms with Crippen molar-refractivity contribution in [3.8, 4) is 0 Å². The van der Waals surface area contributed by atoms with Crippen LogP contribution in [0.25, 0.3) is 5.57 Å². The van der Waals surface area contributed by atoms with Gasteiger partial charge in [0.25, 0.3) is 0 Å². The van der Waals surface area contributed by atoms with E-state index < -0.39 is 5.60 Å². The Balaban J connectivity index is 0.00000192. The van der Waals surface area contributed by atoms with E-state index >= 15 is 0 Å². The molecule has 0 aromatic heterocycles. The van der Waals surface area contributed by atoms with E-state index in [4.69, 9.17) is 0 Å². The number of benzene rings is 1. The second kappa shape index (κ2) is 8.08. The molecule has 3 rings (SSSR count). The Labute approximate surface area is 160 Å². The second-order valence-electron chi connectivity index (χ2n) is 7.01. The molecule has 23 heavy (non-hydrogen) atoms. The van der Waals surface area contributed by atoms with Crippen LogP contribution in [0, 0.1) is 0 Å². The molecule has 0 saturated carbocycles. The molecule has 0 aliphatic heterocycles. The maximum atomic E-state index is 10.8. The van der Waals surface area contributed by atoms with Gasteiger partial charge in [0.15, 0.2) is 0 Å². The molecular formula is C21H28OZr. The van der Waals surface area contributed by atoms with Crippen molar-refractivity contribution in [3.05, 3.63) is 52.6 Å². The molecule has 1 aromatic carbocycles. The number of aryl methyl sites for hydroxylation is 1. The third-order valence-corrected chi connectivity index (χ3v) is 5.11. The first kappa shape index (κ1) is 18.9. The van der Waals surface area contributed by atoms with E-state index in [2.05, 4.69) is 38.1 Å². The van der Waals surface area contributed by atoms with Gasteiger partial charge in [-0.15, -0.1) is 0 Å². The number of hydrogen-bond donors (Lipinski definition) is 1. The molecule has 0 radical (unpaired) electrons. The zero-order valence-corrected chi connectivity index (χ0v) is 16.9. The summed E-state index contributed by atoms with van der Waals surface area (Å²) in [4.78, 5) is 0. The number of aliphatic hydroxyl groups is 1. The molecule has 0 bridgehead atoms. The average molecular weight is 388 g/mol. The molecule has 0 saturated heterocycles. The molecule has 2 aliphatic rings. The molecular weight excluding hydrogens is 359 g/mol. The van der Waals surface area contributed by atoms with Crippen molar-refractivity contribution in [2.75, 3.05) is 0 Å². The predicted molar refractivity (Wildman–Crippen MR) is 93.9 cm³/mol. The summed E-state index contributed by atoms with van der Waals surface area (Å²) in [6, 6.07) is 6.97. The molecule has 2 heteroatoms. The van der Waals surface area contributed by atoms with E-state index in [0.29, 0.717) is 0 Å². The Morgan fingerprint density at radius 2 is 1.91 bits per heavy atom. The third kappa shape index (κ3) is 4.15. The maximum Gasteiger partial charge on any atom is 0.0868 e. The summed E-state index contributed by atoms with van der Waals surface area (Å²) in [5.41, 5.74) is 6.52. The van der Waals surface area contributed by atoms with Crippen LogP contribution in [0.3, 0.4) is 0 Å². The van der Waals surface area contributed by atoms with Crippen molar-refractivity contribution in [3.63, 3.8) is 0 Å². The number of allylic oxidation sites excluding steroid dienone is 2. The van der Waals surface area contributed by atoms with Gasteiger partial charge in [-0.2, -0.15) is 0 Å². The minimum absolute atomic E-state index is 0. The summed E-state index contributed by atoms with van der Waals surface area (Å²) in [6.07, 6.45) is 12.9. The Morgan fingerprint density at radius 3 is 2.65 bits per heavy atom. The Bertz CT molecular complexity index is 614. The Hall–Kier alpha value is -0.457. The topological polar surface area (TPSA) is 20.2 Å². The van der Waals surface area contributed by atoms with E-state index in [1.807, 2.05) is 6.08 Å². The normalized spacial score (nSPS) is 21.9. The Kier molecular flexibility index (Phi) is 6.63. The van der Waals surface area contributed by atoms with Gasteiger partial charge in [-0.1, -0.05) is 69.0 Å². The van der Waals surface area contributed by atoms with Crippen molar-refractivity contribution in [2.24, 2.45) is 0 Å². The summed E-state index contributed by atoms with van der Waals surface area (Å²) >= 11 is 0. The number of hydrogen-bond acceptors (Lipinski definition) is 1. The van der Waals surface area contributed by atoms with Crippen molar-refractivity contribution in [1.29, 1.82) is 0 Å². The summed E-state index contributed by atoms with van der Waals surface area (Å²) < 4.78 is 0. The minimum atomic E-state index is -0.609. The first-order chi connectivity index (χ1) is 10.6. The van der Waals surface area contributed by atoms with E-state index in [0.717, 1.165) is 32.1 Å². The molecule has 0 fully saturated rings. The molecule has 1 unspecified atom stereocenters. The first-order valence-electron chi connectivity index (χ1n) is 8.91.